The van der Waals surface area contributed by atoms with Crippen LogP contribution in [0, 0.1) is 0 Å². The van der Waals surface area contributed by atoms with Gasteiger partial charge in [0.2, 0.25) is 0 Å². The maximum Gasteiger partial charge on any atom is 0.281 e. The minimum atomic E-state index is -0.191. The first-order valence-corrected chi connectivity index (χ1v) is 5.26. The summed E-state index contributed by atoms with van der Waals surface area (Å²) in [5, 5.41) is 0. The minimum Gasteiger partial charge on any atom is -0.295 e. The van der Waals surface area contributed by atoms with Gasteiger partial charge in [-0.1, -0.05) is 11.9 Å². The van der Waals surface area contributed by atoms with E-state index in [0.29, 0.717) is 9.90 Å². The monoisotopic (exact) mass is 206 g/mol. The van der Waals surface area contributed by atoms with Crippen molar-refractivity contribution >= 4 is 41.8 Å². The van der Waals surface area contributed by atoms with Crippen LogP contribution in [0.25, 0.3) is 0 Å². The summed E-state index contributed by atoms with van der Waals surface area (Å²) in [6, 6.07) is 0. The smallest absolute Gasteiger partial charge is 0.281 e. The van der Waals surface area contributed by atoms with Crippen LogP contribution in [0.2, 0.25) is 0 Å². The van der Waals surface area contributed by atoms with Gasteiger partial charge in [0.15, 0.2) is 5.69 Å². The number of thiol groups is 1. The van der Waals surface area contributed by atoms with Gasteiger partial charge in [-0.05, 0) is 0 Å². The van der Waals surface area contributed by atoms with Crippen LogP contribution in [0.4, 0.5) is 0 Å². The topological polar surface area (TPSA) is 42.0 Å². The Balaban J connectivity index is 2.76. The van der Waals surface area contributed by atoms with E-state index >= 15 is 0 Å². The average Bonchev–Trinajstić information content (AvgIpc) is 2.36. The Morgan fingerprint density at radius 3 is 3.09 bits per heavy atom. The van der Waals surface area contributed by atoms with Gasteiger partial charge in [0.25, 0.3) is 5.91 Å². The lowest BCUT2D eigenvalue weighted by atomic mass is 10.5. The van der Waals surface area contributed by atoms with Crippen LogP contribution in [0.15, 0.2) is 9.72 Å². The molecule has 0 aromatic carbocycles. The predicted octanol–water partition coefficient (Wildman–Crippen LogP) is 1.44. The summed E-state index contributed by atoms with van der Waals surface area (Å²) >= 11 is 6.66. The van der Waals surface area contributed by atoms with Crippen LogP contribution in [0.5, 0.6) is 0 Å². The van der Waals surface area contributed by atoms with Gasteiger partial charge in [0, 0.05) is 6.26 Å². The normalized spacial score (nSPS) is 9.64. The first kappa shape index (κ1) is 8.89. The minimum absolute atomic E-state index is 0.191. The van der Waals surface area contributed by atoms with Crippen LogP contribution < -0.4 is 4.72 Å². The van der Waals surface area contributed by atoms with Gasteiger partial charge in [-0.15, -0.1) is 24.0 Å². The Labute approximate surface area is 78.1 Å². The highest BCUT2D eigenvalue weighted by Gasteiger charge is 2.10. The number of carbonyl (C=O) groups excluding carboxylic acids is 1. The van der Waals surface area contributed by atoms with Crippen LogP contribution >= 0.6 is 35.9 Å². The van der Waals surface area contributed by atoms with Crippen molar-refractivity contribution < 1.29 is 4.79 Å². The van der Waals surface area contributed by atoms with Crippen molar-refractivity contribution in [2.45, 2.75) is 4.21 Å². The first-order valence-electron chi connectivity index (χ1n) is 2.71. The molecule has 11 heavy (non-hydrogen) atoms. The van der Waals surface area contributed by atoms with E-state index in [-0.39, 0.29) is 5.91 Å². The van der Waals surface area contributed by atoms with Gasteiger partial charge in [-0.25, -0.2) is 4.98 Å². The summed E-state index contributed by atoms with van der Waals surface area (Å²) in [7, 11) is 0. The molecule has 60 valence electrons. The lowest BCUT2D eigenvalue weighted by molar-refractivity contribution is 0.0978. The molecule has 0 radical (unpaired) electrons. The van der Waals surface area contributed by atoms with Crippen molar-refractivity contribution in [3.05, 3.63) is 11.2 Å². The van der Waals surface area contributed by atoms with Crippen molar-refractivity contribution in [2.75, 3.05) is 6.26 Å². The molecule has 1 aromatic rings. The molecule has 0 saturated carbocycles. The van der Waals surface area contributed by atoms with E-state index in [2.05, 4.69) is 22.3 Å². The number of thiazole rings is 1. The van der Waals surface area contributed by atoms with E-state index in [9.17, 15) is 4.79 Å². The van der Waals surface area contributed by atoms with Gasteiger partial charge >= 0.3 is 0 Å². The lowest BCUT2D eigenvalue weighted by Crippen LogP contribution is -2.15. The van der Waals surface area contributed by atoms with Gasteiger partial charge in [-0.2, -0.15) is 0 Å². The third-order valence-electron chi connectivity index (χ3n) is 0.959. The van der Waals surface area contributed by atoms with Crippen LogP contribution in [0.1, 0.15) is 10.5 Å². The molecule has 1 N–H and O–H groups in total. The number of hydrogen-bond acceptors (Lipinski definition) is 5. The number of rotatable bonds is 2. The van der Waals surface area contributed by atoms with Gasteiger partial charge in [0.05, 0.1) is 9.72 Å². The fourth-order valence-electron chi connectivity index (χ4n) is 0.537. The fourth-order valence-corrected chi connectivity index (χ4v) is 1.63. The molecule has 0 aliphatic heterocycles. The zero-order valence-electron chi connectivity index (χ0n) is 5.70. The van der Waals surface area contributed by atoms with Gasteiger partial charge in [0.1, 0.15) is 0 Å². The van der Waals surface area contributed by atoms with E-state index in [4.69, 9.17) is 0 Å². The molecule has 6 heteroatoms. The Morgan fingerprint density at radius 2 is 2.64 bits per heavy atom. The van der Waals surface area contributed by atoms with Crippen molar-refractivity contribution in [3.8, 4) is 0 Å². The van der Waals surface area contributed by atoms with Gasteiger partial charge < -0.3 is 0 Å². The Kier molecular flexibility index (Phi) is 3.22. The molecule has 0 unspecified atom stereocenters. The Morgan fingerprint density at radius 1 is 1.91 bits per heavy atom. The predicted molar refractivity (Wildman–Crippen MR) is 50.3 cm³/mol. The molecule has 0 aliphatic carbocycles. The van der Waals surface area contributed by atoms with Crippen LogP contribution in [-0.4, -0.2) is 17.1 Å². The Bertz CT molecular complexity index is 260. The number of hydrogen-bond donors (Lipinski definition) is 2. The SMILES string of the molecule is CSNC(=O)c1ncsc1S. The number of nitrogens with zero attached hydrogens (tertiary/aromatic N) is 1. The van der Waals surface area contributed by atoms with Crippen molar-refractivity contribution in [1.29, 1.82) is 0 Å². The summed E-state index contributed by atoms with van der Waals surface area (Å²) in [4.78, 5) is 14.9. The van der Waals surface area contributed by atoms with Crippen molar-refractivity contribution in [3.63, 3.8) is 0 Å². The average molecular weight is 206 g/mol. The molecule has 3 nitrogen and oxygen atoms in total. The van der Waals surface area contributed by atoms with Crippen molar-refractivity contribution in [1.82, 2.24) is 9.71 Å². The van der Waals surface area contributed by atoms with E-state index in [0.717, 1.165) is 0 Å². The molecule has 1 heterocycles. The number of carbonyl (C=O) groups is 1. The summed E-state index contributed by atoms with van der Waals surface area (Å²) in [5.74, 6) is -0.191. The van der Waals surface area contributed by atoms with E-state index in [1.807, 2.05) is 0 Å². The zero-order chi connectivity index (χ0) is 8.27. The Hall–Kier alpha value is -0.200. The second kappa shape index (κ2) is 3.99. The summed E-state index contributed by atoms with van der Waals surface area (Å²) in [6.07, 6.45) is 1.78. The maximum atomic E-state index is 11.1. The highest BCUT2D eigenvalue weighted by atomic mass is 32.2. The third-order valence-corrected chi connectivity index (χ3v) is 2.50. The van der Waals surface area contributed by atoms with E-state index in [1.165, 1.54) is 23.3 Å². The molecule has 1 rings (SSSR count). The van der Waals surface area contributed by atoms with Crippen LogP contribution in [0.3, 0.4) is 0 Å². The molecule has 0 fully saturated rings. The molecular weight excluding hydrogens is 200 g/mol. The zero-order valence-corrected chi connectivity index (χ0v) is 8.22. The second-order valence-corrected chi connectivity index (χ2v) is 3.86. The molecule has 0 atom stereocenters. The number of nitrogens with one attached hydrogen (secondary N) is 1. The fraction of sp³-hybridized carbons (Fsp3) is 0.200. The molecular formula is C5H6N2OS3. The second-order valence-electron chi connectivity index (χ2n) is 1.64. The summed E-state index contributed by atoms with van der Waals surface area (Å²) in [6.45, 7) is 0. The highest BCUT2D eigenvalue weighted by Crippen LogP contribution is 2.17. The highest BCUT2D eigenvalue weighted by molar-refractivity contribution is 7.97. The molecule has 1 amide bonds. The van der Waals surface area contributed by atoms with E-state index in [1.54, 1.807) is 11.8 Å². The molecule has 0 saturated heterocycles. The standard InChI is InChI=1S/C5H6N2OS3/c1-10-7-4(8)3-5(9)11-2-6-3/h2,9H,1H3,(H,7,8). The number of aromatic nitrogens is 1. The largest absolute Gasteiger partial charge is 0.295 e. The first-order chi connectivity index (χ1) is 5.25. The molecule has 0 spiro atoms. The maximum absolute atomic E-state index is 11.1. The summed E-state index contributed by atoms with van der Waals surface area (Å²) < 4.78 is 3.21. The van der Waals surface area contributed by atoms with Crippen molar-refractivity contribution in [2.24, 2.45) is 0 Å². The molecule has 0 bridgehead atoms. The number of amides is 1. The molecule has 0 aliphatic rings. The summed E-state index contributed by atoms with van der Waals surface area (Å²) in [5.41, 5.74) is 1.99. The van der Waals surface area contributed by atoms with Crippen LogP contribution in [-0.2, 0) is 0 Å². The third kappa shape index (κ3) is 2.11. The molecule has 1 aromatic heterocycles. The van der Waals surface area contributed by atoms with E-state index < -0.39 is 0 Å². The lowest BCUT2D eigenvalue weighted by Gasteiger charge is -1.96. The van der Waals surface area contributed by atoms with Gasteiger partial charge in [-0.3, -0.25) is 9.52 Å². The quantitative estimate of drug-likeness (QED) is 0.568.